The van der Waals surface area contributed by atoms with Crippen LogP contribution >= 0.6 is 0 Å². The number of piperazine rings is 1. The lowest BCUT2D eigenvalue weighted by Crippen LogP contribution is -2.48. The van der Waals surface area contributed by atoms with Crippen LogP contribution in [-0.2, 0) is 10.0 Å². The number of ether oxygens (including phenoxy) is 1. The van der Waals surface area contributed by atoms with Crippen LogP contribution in [0.5, 0.6) is 5.88 Å². The molecule has 1 saturated heterocycles. The maximum atomic E-state index is 12.4. The molecule has 0 spiro atoms. The Morgan fingerprint density at radius 1 is 1.20 bits per heavy atom. The fraction of sp³-hybridized carbons (Fsp3) is 0.467. The SMILES string of the molecule is CS(=O)(=O)N1CCN(c2ccc3ncnc(OCC(F)F)c3c2)CC1. The smallest absolute Gasteiger partial charge is 0.272 e. The molecule has 25 heavy (non-hydrogen) atoms. The van der Waals surface area contributed by atoms with E-state index in [1.54, 1.807) is 12.1 Å². The van der Waals surface area contributed by atoms with Crippen molar-refractivity contribution in [2.75, 3.05) is 43.9 Å². The van der Waals surface area contributed by atoms with Crippen LogP contribution in [0.3, 0.4) is 0 Å². The van der Waals surface area contributed by atoms with E-state index in [1.165, 1.54) is 16.9 Å². The first-order chi connectivity index (χ1) is 11.8. The molecule has 10 heteroatoms. The standard InChI is InChI=1S/C15H18F2N4O3S/c1-25(22,23)21-6-4-20(5-7-21)11-2-3-13-12(8-11)15(19-10-18-13)24-9-14(16)17/h2-3,8,10,14H,4-7,9H2,1H3. The second-order valence-electron chi connectivity index (χ2n) is 5.73. The molecule has 1 aliphatic rings. The molecule has 1 aromatic heterocycles. The molecule has 0 atom stereocenters. The lowest BCUT2D eigenvalue weighted by atomic mass is 10.2. The molecule has 0 radical (unpaired) electrons. The van der Waals surface area contributed by atoms with E-state index in [1.807, 2.05) is 11.0 Å². The Kier molecular flexibility index (Phi) is 5.00. The summed E-state index contributed by atoms with van der Waals surface area (Å²) in [7, 11) is -3.19. The molecule has 0 saturated carbocycles. The van der Waals surface area contributed by atoms with Crippen LogP contribution in [0, 0.1) is 0 Å². The fourth-order valence-electron chi connectivity index (χ4n) is 2.75. The van der Waals surface area contributed by atoms with E-state index in [0.29, 0.717) is 37.1 Å². The van der Waals surface area contributed by atoms with Crippen molar-refractivity contribution in [1.82, 2.24) is 14.3 Å². The number of fused-ring (bicyclic) bond motifs is 1. The average Bonchev–Trinajstić information content (AvgIpc) is 2.58. The number of nitrogens with zero attached hydrogens (tertiary/aromatic N) is 4. The maximum absolute atomic E-state index is 12.4. The Morgan fingerprint density at radius 2 is 1.92 bits per heavy atom. The molecular weight excluding hydrogens is 354 g/mol. The first-order valence-corrected chi connectivity index (χ1v) is 9.55. The lowest BCUT2D eigenvalue weighted by molar-refractivity contribution is 0.0804. The number of benzene rings is 1. The quantitative estimate of drug-likeness (QED) is 0.789. The molecule has 7 nitrogen and oxygen atoms in total. The minimum Gasteiger partial charge on any atom is -0.471 e. The topological polar surface area (TPSA) is 75.6 Å². The average molecular weight is 372 g/mol. The third-order valence-electron chi connectivity index (χ3n) is 4.00. The lowest BCUT2D eigenvalue weighted by Gasteiger charge is -2.34. The van der Waals surface area contributed by atoms with Gasteiger partial charge in [-0.25, -0.2) is 27.2 Å². The molecule has 0 N–H and O–H groups in total. The van der Waals surface area contributed by atoms with Gasteiger partial charge >= 0.3 is 0 Å². The van der Waals surface area contributed by atoms with Crippen molar-refractivity contribution >= 4 is 26.6 Å². The zero-order chi connectivity index (χ0) is 18.0. The van der Waals surface area contributed by atoms with Gasteiger partial charge in [-0.3, -0.25) is 0 Å². The van der Waals surface area contributed by atoms with Gasteiger partial charge in [-0.05, 0) is 18.2 Å². The van der Waals surface area contributed by atoms with Crippen LogP contribution in [0.25, 0.3) is 10.9 Å². The number of sulfonamides is 1. The zero-order valence-electron chi connectivity index (χ0n) is 13.6. The van der Waals surface area contributed by atoms with Crippen molar-refractivity contribution in [2.45, 2.75) is 6.43 Å². The largest absolute Gasteiger partial charge is 0.471 e. The normalized spacial score (nSPS) is 16.6. The minimum atomic E-state index is -3.19. The van der Waals surface area contributed by atoms with Crippen molar-refractivity contribution < 1.29 is 21.9 Å². The van der Waals surface area contributed by atoms with Gasteiger partial charge in [-0.15, -0.1) is 0 Å². The number of aromatic nitrogens is 2. The van der Waals surface area contributed by atoms with Gasteiger partial charge in [-0.2, -0.15) is 4.31 Å². The van der Waals surface area contributed by atoms with Crippen LogP contribution in [0.4, 0.5) is 14.5 Å². The molecular formula is C15H18F2N4O3S. The summed E-state index contributed by atoms with van der Waals surface area (Å²) < 4.78 is 54.5. The monoisotopic (exact) mass is 372 g/mol. The summed E-state index contributed by atoms with van der Waals surface area (Å²) in [6.45, 7) is 1.15. The number of rotatable bonds is 5. The first-order valence-electron chi connectivity index (χ1n) is 7.70. The van der Waals surface area contributed by atoms with Gasteiger partial charge < -0.3 is 9.64 Å². The fourth-order valence-corrected chi connectivity index (χ4v) is 3.58. The van der Waals surface area contributed by atoms with Gasteiger partial charge in [0.05, 0.1) is 17.2 Å². The molecule has 1 aromatic carbocycles. The summed E-state index contributed by atoms with van der Waals surface area (Å²) in [5, 5.41) is 0.547. The van der Waals surface area contributed by atoms with Crippen molar-refractivity contribution in [2.24, 2.45) is 0 Å². The van der Waals surface area contributed by atoms with Crippen molar-refractivity contribution in [1.29, 1.82) is 0 Å². The summed E-state index contributed by atoms with van der Waals surface area (Å²) >= 11 is 0. The Labute approximate surface area is 144 Å². The van der Waals surface area contributed by atoms with Gasteiger partial charge in [0.25, 0.3) is 6.43 Å². The van der Waals surface area contributed by atoms with Crippen LogP contribution in [0.15, 0.2) is 24.5 Å². The Bertz CT molecular complexity index is 855. The highest BCUT2D eigenvalue weighted by atomic mass is 32.2. The van der Waals surface area contributed by atoms with E-state index in [2.05, 4.69) is 9.97 Å². The summed E-state index contributed by atoms with van der Waals surface area (Å²) in [6, 6.07) is 5.42. The van der Waals surface area contributed by atoms with E-state index >= 15 is 0 Å². The molecule has 2 aromatic rings. The number of alkyl halides is 2. The zero-order valence-corrected chi connectivity index (χ0v) is 14.4. The van der Waals surface area contributed by atoms with Crippen molar-refractivity contribution in [3.8, 4) is 5.88 Å². The number of hydrogen-bond acceptors (Lipinski definition) is 6. The van der Waals surface area contributed by atoms with Crippen LogP contribution in [0.2, 0.25) is 0 Å². The third kappa shape index (κ3) is 4.13. The number of anilines is 1. The minimum absolute atomic E-state index is 0.113. The molecule has 0 bridgehead atoms. The maximum Gasteiger partial charge on any atom is 0.272 e. The second kappa shape index (κ2) is 7.04. The first kappa shape index (κ1) is 17.7. The predicted molar refractivity (Wildman–Crippen MR) is 89.7 cm³/mol. The molecule has 136 valence electrons. The second-order valence-corrected chi connectivity index (χ2v) is 7.71. The summed E-state index contributed by atoms with van der Waals surface area (Å²) in [6.07, 6.45) is -0.117. The third-order valence-corrected chi connectivity index (χ3v) is 5.30. The molecule has 0 unspecified atom stereocenters. The van der Waals surface area contributed by atoms with Crippen LogP contribution < -0.4 is 9.64 Å². The van der Waals surface area contributed by atoms with Crippen molar-refractivity contribution in [3.05, 3.63) is 24.5 Å². The van der Waals surface area contributed by atoms with Crippen molar-refractivity contribution in [3.63, 3.8) is 0 Å². The van der Waals surface area contributed by atoms with Gasteiger partial charge in [0.1, 0.15) is 6.33 Å². The van der Waals surface area contributed by atoms with Crippen LogP contribution in [-0.4, -0.2) is 68.2 Å². The molecule has 0 amide bonds. The highest BCUT2D eigenvalue weighted by Gasteiger charge is 2.23. The van der Waals surface area contributed by atoms with E-state index in [4.69, 9.17) is 4.74 Å². The molecule has 0 aliphatic carbocycles. The summed E-state index contributed by atoms with van der Waals surface area (Å²) in [5.74, 6) is 0.113. The van der Waals surface area contributed by atoms with Gasteiger partial charge in [0, 0.05) is 31.9 Å². The summed E-state index contributed by atoms with van der Waals surface area (Å²) in [4.78, 5) is 10.1. The number of halogens is 2. The van der Waals surface area contributed by atoms with E-state index in [0.717, 1.165) is 5.69 Å². The summed E-state index contributed by atoms with van der Waals surface area (Å²) in [5.41, 5.74) is 1.44. The predicted octanol–water partition coefficient (Wildman–Crippen LogP) is 1.36. The van der Waals surface area contributed by atoms with E-state index < -0.39 is 23.1 Å². The highest BCUT2D eigenvalue weighted by molar-refractivity contribution is 7.88. The Morgan fingerprint density at radius 3 is 2.56 bits per heavy atom. The molecule has 1 aliphatic heterocycles. The molecule has 1 fully saturated rings. The van der Waals surface area contributed by atoms with Gasteiger partial charge in [-0.1, -0.05) is 0 Å². The Hall–Kier alpha value is -2.07. The Balaban J connectivity index is 1.82. The highest BCUT2D eigenvalue weighted by Crippen LogP contribution is 2.27. The van der Waals surface area contributed by atoms with E-state index in [9.17, 15) is 17.2 Å². The number of hydrogen-bond donors (Lipinski definition) is 0. The van der Waals surface area contributed by atoms with Gasteiger partial charge in [0.2, 0.25) is 15.9 Å². The van der Waals surface area contributed by atoms with E-state index in [-0.39, 0.29) is 5.88 Å². The molecule has 3 rings (SSSR count). The van der Waals surface area contributed by atoms with Crippen LogP contribution in [0.1, 0.15) is 0 Å². The molecule has 2 heterocycles. The van der Waals surface area contributed by atoms with Gasteiger partial charge in [0.15, 0.2) is 6.61 Å².